The molecule has 1 aliphatic carbocycles. The second-order valence-corrected chi connectivity index (χ2v) is 5.38. The van der Waals surface area contributed by atoms with E-state index < -0.39 is 0 Å². The van der Waals surface area contributed by atoms with E-state index in [1.54, 1.807) is 6.26 Å². The molecule has 1 aliphatic rings. The van der Waals surface area contributed by atoms with Crippen LogP contribution in [0.3, 0.4) is 0 Å². The van der Waals surface area contributed by atoms with Gasteiger partial charge in [-0.2, -0.15) is 0 Å². The Hall–Kier alpha value is -0.760. The fraction of sp³-hybridized carbons (Fsp3) is 0.733. The van der Waals surface area contributed by atoms with Gasteiger partial charge in [0.05, 0.1) is 6.26 Å². The molecule has 1 fully saturated rings. The maximum atomic E-state index is 5.47. The molecule has 1 heterocycles. The zero-order valence-corrected chi connectivity index (χ0v) is 11.1. The Morgan fingerprint density at radius 3 is 3.00 bits per heavy atom. The normalized spacial score (nSPS) is 26.9. The molecular formula is C15H25NO. The highest BCUT2D eigenvalue weighted by atomic mass is 16.3. The minimum Gasteiger partial charge on any atom is -0.469 e. The van der Waals surface area contributed by atoms with E-state index >= 15 is 0 Å². The summed E-state index contributed by atoms with van der Waals surface area (Å²) in [6.07, 6.45) is 9.76. The van der Waals surface area contributed by atoms with Crippen LogP contribution in [0.25, 0.3) is 0 Å². The number of likely N-dealkylation sites (N-methyl/N-ethyl adjacent to an activating group) is 1. The molecule has 1 aromatic heterocycles. The van der Waals surface area contributed by atoms with Crippen LogP contribution < -0.4 is 5.32 Å². The van der Waals surface area contributed by atoms with Crippen LogP contribution in [0.2, 0.25) is 0 Å². The number of rotatable bonds is 5. The Morgan fingerprint density at radius 1 is 1.47 bits per heavy atom. The van der Waals surface area contributed by atoms with E-state index in [1.165, 1.54) is 32.1 Å². The molecule has 17 heavy (non-hydrogen) atoms. The van der Waals surface area contributed by atoms with Crippen LogP contribution in [0, 0.1) is 11.8 Å². The lowest BCUT2D eigenvalue weighted by Crippen LogP contribution is -2.38. The molecule has 2 heteroatoms. The first-order valence-electron chi connectivity index (χ1n) is 7.03. The van der Waals surface area contributed by atoms with Gasteiger partial charge in [-0.25, -0.2) is 0 Å². The Morgan fingerprint density at radius 2 is 2.35 bits per heavy atom. The minimum absolute atomic E-state index is 0.579. The Bertz CT molecular complexity index is 307. The SMILES string of the molecule is CCC1CCCC(C(Cc2ccco2)NC)C1. The maximum absolute atomic E-state index is 5.47. The maximum Gasteiger partial charge on any atom is 0.105 e. The summed E-state index contributed by atoms with van der Waals surface area (Å²) in [4.78, 5) is 0. The molecule has 2 rings (SSSR count). The van der Waals surface area contributed by atoms with Gasteiger partial charge in [-0.15, -0.1) is 0 Å². The van der Waals surface area contributed by atoms with Gasteiger partial charge in [0.15, 0.2) is 0 Å². The molecule has 0 radical (unpaired) electrons. The minimum atomic E-state index is 0.579. The standard InChI is InChI=1S/C15H25NO/c1-3-12-6-4-7-13(10-12)15(16-2)11-14-8-5-9-17-14/h5,8-9,12-13,15-16H,3-4,6-7,10-11H2,1-2H3. The van der Waals surface area contributed by atoms with E-state index in [2.05, 4.69) is 25.4 Å². The fourth-order valence-corrected chi connectivity index (χ4v) is 3.22. The van der Waals surface area contributed by atoms with Crippen LogP contribution in [0.4, 0.5) is 0 Å². The summed E-state index contributed by atoms with van der Waals surface area (Å²) >= 11 is 0. The molecule has 0 aliphatic heterocycles. The molecule has 0 saturated heterocycles. The number of hydrogen-bond acceptors (Lipinski definition) is 2. The Labute approximate surface area is 105 Å². The van der Waals surface area contributed by atoms with Gasteiger partial charge in [-0.1, -0.05) is 26.2 Å². The molecule has 0 aromatic carbocycles. The number of hydrogen-bond donors (Lipinski definition) is 1. The van der Waals surface area contributed by atoms with E-state index in [4.69, 9.17) is 4.42 Å². The predicted octanol–water partition coefficient (Wildman–Crippen LogP) is 3.63. The molecule has 1 aromatic rings. The smallest absolute Gasteiger partial charge is 0.105 e. The Kier molecular flexibility index (Phi) is 4.66. The van der Waals surface area contributed by atoms with E-state index in [-0.39, 0.29) is 0 Å². The fourth-order valence-electron chi connectivity index (χ4n) is 3.22. The van der Waals surface area contributed by atoms with Crippen LogP contribution in [-0.4, -0.2) is 13.1 Å². The monoisotopic (exact) mass is 235 g/mol. The highest BCUT2D eigenvalue weighted by molar-refractivity contribution is 5.01. The molecule has 0 spiro atoms. The first kappa shape index (κ1) is 12.7. The largest absolute Gasteiger partial charge is 0.469 e. The van der Waals surface area contributed by atoms with Crippen molar-refractivity contribution in [3.05, 3.63) is 24.2 Å². The zero-order chi connectivity index (χ0) is 12.1. The van der Waals surface area contributed by atoms with Crippen LogP contribution in [0.1, 0.15) is 44.8 Å². The molecule has 3 unspecified atom stereocenters. The van der Waals surface area contributed by atoms with E-state index in [9.17, 15) is 0 Å². The van der Waals surface area contributed by atoms with Crippen molar-refractivity contribution in [2.75, 3.05) is 7.05 Å². The third-order valence-corrected chi connectivity index (χ3v) is 4.34. The van der Waals surface area contributed by atoms with E-state index in [0.717, 1.165) is 24.0 Å². The molecule has 1 saturated carbocycles. The van der Waals surface area contributed by atoms with E-state index in [0.29, 0.717) is 6.04 Å². The van der Waals surface area contributed by atoms with Crippen LogP contribution in [0.5, 0.6) is 0 Å². The van der Waals surface area contributed by atoms with Crippen molar-refractivity contribution >= 4 is 0 Å². The van der Waals surface area contributed by atoms with Gasteiger partial charge in [-0.3, -0.25) is 0 Å². The summed E-state index contributed by atoms with van der Waals surface area (Å²) in [6.45, 7) is 2.33. The summed E-state index contributed by atoms with van der Waals surface area (Å²) in [7, 11) is 2.09. The van der Waals surface area contributed by atoms with Crippen molar-refractivity contribution in [1.29, 1.82) is 0 Å². The molecular weight excluding hydrogens is 210 g/mol. The first-order valence-corrected chi connectivity index (χ1v) is 7.03. The van der Waals surface area contributed by atoms with Crippen LogP contribution >= 0.6 is 0 Å². The predicted molar refractivity (Wildman–Crippen MR) is 71.0 cm³/mol. The quantitative estimate of drug-likeness (QED) is 0.843. The van der Waals surface area contributed by atoms with Gasteiger partial charge < -0.3 is 9.73 Å². The summed E-state index contributed by atoms with van der Waals surface area (Å²) < 4.78 is 5.47. The molecule has 0 amide bonds. The van der Waals surface area contributed by atoms with Crippen molar-refractivity contribution in [2.45, 2.75) is 51.5 Å². The van der Waals surface area contributed by atoms with Gasteiger partial charge in [0.1, 0.15) is 5.76 Å². The summed E-state index contributed by atoms with van der Waals surface area (Å²) in [5.74, 6) is 2.88. The summed E-state index contributed by atoms with van der Waals surface area (Å²) in [6, 6.07) is 4.65. The third-order valence-electron chi connectivity index (χ3n) is 4.34. The second-order valence-electron chi connectivity index (χ2n) is 5.38. The van der Waals surface area contributed by atoms with Gasteiger partial charge in [0.25, 0.3) is 0 Å². The zero-order valence-electron chi connectivity index (χ0n) is 11.1. The molecule has 2 nitrogen and oxygen atoms in total. The average Bonchev–Trinajstić information content (AvgIpc) is 2.89. The number of furan rings is 1. The topological polar surface area (TPSA) is 25.2 Å². The second kappa shape index (κ2) is 6.25. The first-order chi connectivity index (χ1) is 8.33. The third kappa shape index (κ3) is 3.35. The highest BCUT2D eigenvalue weighted by Gasteiger charge is 2.27. The molecule has 1 N–H and O–H groups in total. The molecule has 96 valence electrons. The summed E-state index contributed by atoms with van der Waals surface area (Å²) in [5, 5.41) is 3.49. The van der Waals surface area contributed by atoms with Crippen molar-refractivity contribution in [2.24, 2.45) is 11.8 Å². The van der Waals surface area contributed by atoms with E-state index in [1.807, 2.05) is 6.07 Å². The van der Waals surface area contributed by atoms with Crippen LogP contribution in [-0.2, 0) is 6.42 Å². The lowest BCUT2D eigenvalue weighted by atomic mass is 9.76. The average molecular weight is 235 g/mol. The van der Waals surface area contributed by atoms with Gasteiger partial charge in [-0.05, 0) is 43.9 Å². The number of nitrogens with one attached hydrogen (secondary N) is 1. The summed E-state index contributed by atoms with van der Waals surface area (Å²) in [5.41, 5.74) is 0. The Balaban J connectivity index is 1.93. The van der Waals surface area contributed by atoms with Gasteiger partial charge in [0.2, 0.25) is 0 Å². The molecule has 0 bridgehead atoms. The van der Waals surface area contributed by atoms with Gasteiger partial charge >= 0.3 is 0 Å². The molecule has 3 atom stereocenters. The van der Waals surface area contributed by atoms with Crippen molar-refractivity contribution in [1.82, 2.24) is 5.32 Å². The van der Waals surface area contributed by atoms with Crippen molar-refractivity contribution in [3.8, 4) is 0 Å². The van der Waals surface area contributed by atoms with Crippen molar-refractivity contribution in [3.63, 3.8) is 0 Å². The van der Waals surface area contributed by atoms with Gasteiger partial charge in [0, 0.05) is 12.5 Å². The van der Waals surface area contributed by atoms with Crippen LogP contribution in [0.15, 0.2) is 22.8 Å². The van der Waals surface area contributed by atoms with Crippen molar-refractivity contribution < 1.29 is 4.42 Å². The lowest BCUT2D eigenvalue weighted by Gasteiger charge is -2.34. The lowest BCUT2D eigenvalue weighted by molar-refractivity contribution is 0.208. The highest BCUT2D eigenvalue weighted by Crippen LogP contribution is 2.33.